The second-order valence-electron chi connectivity index (χ2n) is 8.31. The number of hydrogen-bond acceptors (Lipinski definition) is 4. The number of piperazine rings is 1. The molecular weight excluding hydrogens is 398 g/mol. The summed E-state index contributed by atoms with van der Waals surface area (Å²) in [5, 5.41) is 0. The fraction of sp³-hybridized carbons (Fsp3) is 0.269. The molecule has 1 aliphatic rings. The number of aryl methyl sites for hydroxylation is 1. The Morgan fingerprint density at radius 1 is 0.875 bits per heavy atom. The van der Waals surface area contributed by atoms with Crippen molar-refractivity contribution >= 4 is 11.6 Å². The van der Waals surface area contributed by atoms with E-state index in [1.54, 1.807) is 6.20 Å². The van der Waals surface area contributed by atoms with Crippen molar-refractivity contribution in [2.45, 2.75) is 13.8 Å². The average Bonchev–Trinajstić information content (AvgIpc) is 3.27. The lowest BCUT2D eigenvalue weighted by Gasteiger charge is -2.34. The first-order valence-electron chi connectivity index (χ1n) is 11.1. The van der Waals surface area contributed by atoms with E-state index in [9.17, 15) is 4.79 Å². The molecule has 1 aliphatic heterocycles. The van der Waals surface area contributed by atoms with Gasteiger partial charge in [0, 0.05) is 49.1 Å². The number of carbonyl (C=O) groups excluding carboxylic acids is 1. The number of carbonyl (C=O) groups is 1. The van der Waals surface area contributed by atoms with Crippen molar-refractivity contribution in [2.24, 2.45) is 0 Å². The molecule has 0 unspecified atom stereocenters. The third-order valence-electron chi connectivity index (χ3n) is 6.28. The number of imidazole rings is 1. The van der Waals surface area contributed by atoms with Gasteiger partial charge in [-0.2, -0.15) is 0 Å². The maximum atomic E-state index is 12.9. The third-order valence-corrected chi connectivity index (χ3v) is 6.28. The second-order valence-corrected chi connectivity index (χ2v) is 8.31. The molecule has 0 atom stereocenters. The van der Waals surface area contributed by atoms with Crippen LogP contribution in [0.2, 0.25) is 0 Å². The number of aromatic nitrogens is 3. The van der Waals surface area contributed by atoms with Crippen molar-refractivity contribution in [1.29, 1.82) is 0 Å². The number of likely N-dealkylation sites (N-methyl/N-ethyl adjacent to an activating group) is 1. The number of fused-ring (bicyclic) bond motifs is 1. The van der Waals surface area contributed by atoms with E-state index in [4.69, 9.17) is 0 Å². The van der Waals surface area contributed by atoms with Gasteiger partial charge in [0.2, 0.25) is 0 Å². The van der Waals surface area contributed by atoms with Gasteiger partial charge in [-0.3, -0.25) is 14.2 Å². The van der Waals surface area contributed by atoms with E-state index < -0.39 is 0 Å². The third kappa shape index (κ3) is 3.89. The quantitative estimate of drug-likeness (QED) is 0.493. The fourth-order valence-corrected chi connectivity index (χ4v) is 4.21. The highest BCUT2D eigenvalue weighted by atomic mass is 16.2. The molecule has 0 radical (unpaired) electrons. The summed E-state index contributed by atoms with van der Waals surface area (Å²) < 4.78 is 2.07. The molecule has 4 aromatic rings. The molecule has 0 N–H and O–H groups in total. The van der Waals surface area contributed by atoms with Crippen LogP contribution in [0.25, 0.3) is 28.2 Å². The standard InChI is InChI=1S/C26H27N5O/c1-3-29-12-14-30(15-13-29)26(32)22-10-8-20(9-11-22)23-18-31-24(16-28-25(31)17-27-23)21-6-4-19(2)5-7-21/h4-11,16-18H,3,12-15H2,1-2H3. The molecule has 5 rings (SSSR count). The van der Waals surface area contributed by atoms with Crippen LogP contribution in [0.4, 0.5) is 0 Å². The van der Waals surface area contributed by atoms with Crippen molar-refractivity contribution in [3.63, 3.8) is 0 Å². The maximum Gasteiger partial charge on any atom is 0.253 e. The van der Waals surface area contributed by atoms with Crippen molar-refractivity contribution in [1.82, 2.24) is 24.2 Å². The van der Waals surface area contributed by atoms with Crippen LogP contribution >= 0.6 is 0 Å². The van der Waals surface area contributed by atoms with Crippen LogP contribution in [0.5, 0.6) is 0 Å². The van der Waals surface area contributed by atoms with Crippen LogP contribution in [0.1, 0.15) is 22.8 Å². The van der Waals surface area contributed by atoms with E-state index in [1.807, 2.05) is 41.6 Å². The molecule has 6 nitrogen and oxygen atoms in total. The van der Waals surface area contributed by atoms with Gasteiger partial charge >= 0.3 is 0 Å². The summed E-state index contributed by atoms with van der Waals surface area (Å²) in [6, 6.07) is 16.2. The number of benzene rings is 2. The monoisotopic (exact) mass is 425 g/mol. The summed E-state index contributed by atoms with van der Waals surface area (Å²) in [5.74, 6) is 0.104. The van der Waals surface area contributed by atoms with Gasteiger partial charge in [-0.05, 0) is 25.6 Å². The minimum atomic E-state index is 0.104. The molecule has 6 heteroatoms. The molecule has 2 aromatic heterocycles. The smallest absolute Gasteiger partial charge is 0.253 e. The Bertz CT molecular complexity index is 1240. The maximum absolute atomic E-state index is 12.9. The summed E-state index contributed by atoms with van der Waals surface area (Å²) in [6.07, 6.45) is 5.68. The first-order valence-corrected chi connectivity index (χ1v) is 11.1. The van der Waals surface area contributed by atoms with Crippen LogP contribution in [0.15, 0.2) is 67.1 Å². The lowest BCUT2D eigenvalue weighted by atomic mass is 10.1. The van der Waals surface area contributed by atoms with Gasteiger partial charge in [-0.25, -0.2) is 4.98 Å². The number of nitrogens with zero attached hydrogens (tertiary/aromatic N) is 5. The van der Waals surface area contributed by atoms with Crippen LogP contribution < -0.4 is 0 Å². The zero-order valence-electron chi connectivity index (χ0n) is 18.5. The zero-order valence-corrected chi connectivity index (χ0v) is 18.5. The topological polar surface area (TPSA) is 53.7 Å². The normalized spacial score (nSPS) is 14.8. The summed E-state index contributed by atoms with van der Waals surface area (Å²) in [5.41, 5.74) is 6.73. The number of rotatable bonds is 4. The first kappa shape index (κ1) is 20.4. The van der Waals surface area contributed by atoms with Gasteiger partial charge in [0.25, 0.3) is 5.91 Å². The highest BCUT2D eigenvalue weighted by molar-refractivity contribution is 5.94. The van der Waals surface area contributed by atoms with E-state index in [0.29, 0.717) is 0 Å². The molecule has 1 amide bonds. The Kier molecular flexibility index (Phi) is 5.45. The van der Waals surface area contributed by atoms with Crippen molar-refractivity contribution < 1.29 is 4.79 Å². The molecule has 0 bridgehead atoms. The average molecular weight is 426 g/mol. The van der Waals surface area contributed by atoms with Gasteiger partial charge in [0.15, 0.2) is 5.65 Å². The zero-order chi connectivity index (χ0) is 22.1. The lowest BCUT2D eigenvalue weighted by Crippen LogP contribution is -2.48. The summed E-state index contributed by atoms with van der Waals surface area (Å²) in [6.45, 7) is 8.74. The second kappa shape index (κ2) is 8.55. The summed E-state index contributed by atoms with van der Waals surface area (Å²) in [4.78, 5) is 26.3. The van der Waals surface area contributed by atoms with E-state index in [-0.39, 0.29) is 5.91 Å². The molecule has 3 heterocycles. The molecule has 0 spiro atoms. The predicted molar refractivity (Wildman–Crippen MR) is 127 cm³/mol. The largest absolute Gasteiger partial charge is 0.336 e. The van der Waals surface area contributed by atoms with E-state index in [1.165, 1.54) is 5.56 Å². The highest BCUT2D eigenvalue weighted by Gasteiger charge is 2.21. The van der Waals surface area contributed by atoms with Crippen LogP contribution in [0, 0.1) is 6.92 Å². The van der Waals surface area contributed by atoms with Gasteiger partial charge in [-0.1, -0.05) is 48.9 Å². The van der Waals surface area contributed by atoms with Crippen LogP contribution in [-0.2, 0) is 0 Å². The summed E-state index contributed by atoms with van der Waals surface area (Å²) >= 11 is 0. The SMILES string of the molecule is CCN1CCN(C(=O)c2ccc(-c3cn4c(-c5ccc(C)cc5)cnc4cn3)cc2)CC1. The molecule has 162 valence electrons. The van der Waals surface area contributed by atoms with Crippen LogP contribution in [-0.4, -0.2) is 62.8 Å². The molecular formula is C26H27N5O. The number of amides is 1. The Labute approximate surface area is 188 Å². The lowest BCUT2D eigenvalue weighted by molar-refractivity contribution is 0.0643. The Morgan fingerprint density at radius 2 is 1.56 bits per heavy atom. The highest BCUT2D eigenvalue weighted by Crippen LogP contribution is 2.24. The van der Waals surface area contributed by atoms with Crippen LogP contribution in [0.3, 0.4) is 0 Å². The molecule has 32 heavy (non-hydrogen) atoms. The molecule has 1 saturated heterocycles. The predicted octanol–water partition coefficient (Wildman–Crippen LogP) is 4.15. The number of hydrogen-bond donors (Lipinski definition) is 0. The minimum absolute atomic E-state index is 0.104. The molecule has 2 aromatic carbocycles. The molecule has 0 aliphatic carbocycles. The Morgan fingerprint density at radius 3 is 2.25 bits per heavy atom. The minimum Gasteiger partial charge on any atom is -0.336 e. The first-order chi connectivity index (χ1) is 15.6. The fourth-order valence-electron chi connectivity index (χ4n) is 4.21. The van der Waals surface area contributed by atoms with Crippen molar-refractivity contribution in [3.05, 3.63) is 78.2 Å². The Balaban J connectivity index is 1.39. The Hall–Kier alpha value is -3.51. The van der Waals surface area contributed by atoms with E-state index in [2.05, 4.69) is 57.4 Å². The van der Waals surface area contributed by atoms with Crippen molar-refractivity contribution in [2.75, 3.05) is 32.7 Å². The van der Waals surface area contributed by atoms with Gasteiger partial charge in [0.1, 0.15) is 0 Å². The molecule has 0 saturated carbocycles. The van der Waals surface area contributed by atoms with E-state index >= 15 is 0 Å². The van der Waals surface area contributed by atoms with Gasteiger partial charge in [0.05, 0.1) is 23.8 Å². The van der Waals surface area contributed by atoms with Crippen molar-refractivity contribution in [3.8, 4) is 22.5 Å². The molecule has 1 fully saturated rings. The van der Waals surface area contributed by atoms with Gasteiger partial charge in [-0.15, -0.1) is 0 Å². The van der Waals surface area contributed by atoms with E-state index in [0.717, 1.165) is 66.4 Å². The summed E-state index contributed by atoms with van der Waals surface area (Å²) in [7, 11) is 0. The van der Waals surface area contributed by atoms with Gasteiger partial charge < -0.3 is 9.80 Å².